The van der Waals surface area contributed by atoms with E-state index in [0.717, 1.165) is 17.5 Å². The summed E-state index contributed by atoms with van der Waals surface area (Å²) in [6, 6.07) is 27.1. The Labute approximate surface area is 213 Å². The Hall–Kier alpha value is -3.68. The van der Waals surface area contributed by atoms with Crippen LogP contribution in [0.3, 0.4) is 0 Å². The minimum absolute atomic E-state index is 0.00892. The standard InChI is InChI=1S/C19H24N2O3.C10H13NO/c20-19(23)18(11-8-15-4-2-1-3-5-15)21-14-16-6-9-17(10-7-16)24-13-12-22;1-2-10(12)11-8-9-6-4-3-5-7-9/h1-7,9-10,18,21-22H,8,11-14H2,(H2,20,23);3-7H,2,8H2,1H3,(H,11,12)/t18-;/m1./s1. The van der Waals surface area contributed by atoms with Crippen molar-refractivity contribution in [3.63, 3.8) is 0 Å². The second-order valence-electron chi connectivity index (χ2n) is 8.19. The number of aliphatic hydroxyl groups excluding tert-OH is 1. The van der Waals surface area contributed by atoms with Crippen LogP contribution < -0.4 is 21.1 Å². The molecule has 3 rings (SSSR count). The Balaban J connectivity index is 0.000000319. The van der Waals surface area contributed by atoms with Crippen molar-refractivity contribution >= 4 is 11.8 Å². The second kappa shape index (κ2) is 16.9. The average Bonchev–Trinajstić information content (AvgIpc) is 2.92. The predicted molar refractivity (Wildman–Crippen MR) is 142 cm³/mol. The molecule has 0 unspecified atom stereocenters. The monoisotopic (exact) mass is 491 g/mol. The number of carbonyl (C=O) groups is 2. The van der Waals surface area contributed by atoms with Crippen LogP contribution in [0.5, 0.6) is 5.75 Å². The number of rotatable bonds is 13. The van der Waals surface area contributed by atoms with Gasteiger partial charge in [-0.1, -0.05) is 79.7 Å². The molecular formula is C29H37N3O4. The molecular weight excluding hydrogens is 454 g/mol. The zero-order valence-corrected chi connectivity index (χ0v) is 20.9. The number of aryl methyl sites for hydroxylation is 1. The van der Waals surface area contributed by atoms with E-state index in [-0.39, 0.29) is 31.1 Å². The first kappa shape index (κ1) is 28.6. The fraction of sp³-hybridized carbons (Fsp3) is 0.310. The molecule has 7 heteroatoms. The van der Waals surface area contributed by atoms with Gasteiger partial charge in [0.05, 0.1) is 12.6 Å². The highest BCUT2D eigenvalue weighted by Gasteiger charge is 2.14. The summed E-state index contributed by atoms with van der Waals surface area (Å²) in [7, 11) is 0. The zero-order chi connectivity index (χ0) is 26.0. The van der Waals surface area contributed by atoms with Gasteiger partial charge >= 0.3 is 0 Å². The lowest BCUT2D eigenvalue weighted by Gasteiger charge is -2.16. The molecule has 0 fully saturated rings. The van der Waals surface area contributed by atoms with Crippen molar-refractivity contribution in [3.8, 4) is 5.75 Å². The van der Waals surface area contributed by atoms with E-state index in [9.17, 15) is 9.59 Å². The molecule has 0 radical (unpaired) electrons. The van der Waals surface area contributed by atoms with Crippen molar-refractivity contribution < 1.29 is 19.4 Å². The fourth-order valence-corrected chi connectivity index (χ4v) is 3.33. The predicted octanol–water partition coefficient (Wildman–Crippen LogP) is 3.35. The van der Waals surface area contributed by atoms with Crippen molar-refractivity contribution in [3.05, 3.63) is 102 Å². The zero-order valence-electron chi connectivity index (χ0n) is 20.9. The number of hydrogen-bond acceptors (Lipinski definition) is 5. The van der Waals surface area contributed by atoms with E-state index in [4.69, 9.17) is 15.6 Å². The molecule has 192 valence electrons. The van der Waals surface area contributed by atoms with Crippen LogP contribution in [0.2, 0.25) is 0 Å². The Bertz CT molecular complexity index is 1010. The Morgan fingerprint density at radius 2 is 1.44 bits per heavy atom. The molecule has 3 aromatic carbocycles. The van der Waals surface area contributed by atoms with Gasteiger partial charge in [-0.3, -0.25) is 9.59 Å². The highest BCUT2D eigenvalue weighted by Crippen LogP contribution is 2.12. The van der Waals surface area contributed by atoms with Gasteiger partial charge in [0.25, 0.3) is 0 Å². The van der Waals surface area contributed by atoms with Crippen LogP contribution in [0, 0.1) is 0 Å². The van der Waals surface area contributed by atoms with E-state index in [1.807, 2.05) is 91.9 Å². The van der Waals surface area contributed by atoms with Crippen LogP contribution in [-0.2, 0) is 29.1 Å². The maximum atomic E-state index is 11.6. The smallest absolute Gasteiger partial charge is 0.234 e. The molecule has 0 bridgehead atoms. The Morgan fingerprint density at radius 3 is 2.00 bits per heavy atom. The normalized spacial score (nSPS) is 11.1. The van der Waals surface area contributed by atoms with Crippen molar-refractivity contribution in [2.45, 2.75) is 45.3 Å². The highest BCUT2D eigenvalue weighted by atomic mass is 16.5. The minimum Gasteiger partial charge on any atom is -0.491 e. The maximum Gasteiger partial charge on any atom is 0.234 e. The third kappa shape index (κ3) is 11.6. The van der Waals surface area contributed by atoms with Crippen LogP contribution in [0.15, 0.2) is 84.9 Å². The number of benzene rings is 3. The number of aliphatic hydroxyl groups is 1. The lowest BCUT2D eigenvalue weighted by Crippen LogP contribution is -2.41. The van der Waals surface area contributed by atoms with E-state index in [1.165, 1.54) is 5.56 Å². The van der Waals surface area contributed by atoms with Gasteiger partial charge in [0.1, 0.15) is 12.4 Å². The maximum absolute atomic E-state index is 11.6. The third-order valence-corrected chi connectivity index (χ3v) is 5.40. The average molecular weight is 492 g/mol. The van der Waals surface area contributed by atoms with Crippen LogP contribution in [0.25, 0.3) is 0 Å². The molecule has 3 aromatic rings. The largest absolute Gasteiger partial charge is 0.491 e. The summed E-state index contributed by atoms with van der Waals surface area (Å²) in [6.07, 6.45) is 2.01. The molecule has 2 amide bonds. The first-order valence-corrected chi connectivity index (χ1v) is 12.2. The number of hydrogen-bond donors (Lipinski definition) is 4. The van der Waals surface area contributed by atoms with Gasteiger partial charge in [0, 0.05) is 19.5 Å². The van der Waals surface area contributed by atoms with Gasteiger partial charge in [-0.15, -0.1) is 0 Å². The van der Waals surface area contributed by atoms with Gasteiger partial charge in [-0.25, -0.2) is 0 Å². The molecule has 0 saturated carbocycles. The summed E-state index contributed by atoms with van der Waals surface area (Å²) in [4.78, 5) is 22.5. The topological polar surface area (TPSA) is 114 Å². The SMILES string of the molecule is CCC(=O)NCc1ccccc1.NC(=O)[C@@H](CCc1ccccc1)NCc1ccc(OCCO)cc1. The summed E-state index contributed by atoms with van der Waals surface area (Å²) in [5, 5.41) is 14.8. The van der Waals surface area contributed by atoms with Gasteiger partial charge in [-0.2, -0.15) is 0 Å². The van der Waals surface area contributed by atoms with E-state index < -0.39 is 0 Å². The summed E-state index contributed by atoms with van der Waals surface area (Å²) in [5.74, 6) is 0.469. The lowest BCUT2D eigenvalue weighted by molar-refractivity contribution is -0.121. The molecule has 5 N–H and O–H groups in total. The minimum atomic E-state index is -0.365. The number of primary amides is 1. The number of nitrogens with two attached hydrogens (primary N) is 1. The summed E-state index contributed by atoms with van der Waals surface area (Å²) in [5.41, 5.74) is 8.87. The van der Waals surface area contributed by atoms with E-state index in [2.05, 4.69) is 10.6 Å². The number of nitrogens with one attached hydrogen (secondary N) is 2. The number of ether oxygens (including phenoxy) is 1. The first-order valence-electron chi connectivity index (χ1n) is 12.2. The molecule has 0 spiro atoms. The number of amides is 2. The lowest BCUT2D eigenvalue weighted by atomic mass is 10.0. The summed E-state index contributed by atoms with van der Waals surface area (Å²) >= 11 is 0. The van der Waals surface area contributed by atoms with Gasteiger partial charge < -0.3 is 26.2 Å². The van der Waals surface area contributed by atoms with Gasteiger partial charge in [0.2, 0.25) is 11.8 Å². The van der Waals surface area contributed by atoms with Crippen molar-refractivity contribution in [1.82, 2.24) is 10.6 Å². The molecule has 0 aliphatic carbocycles. The summed E-state index contributed by atoms with van der Waals surface area (Å²) < 4.78 is 5.32. The third-order valence-electron chi connectivity index (χ3n) is 5.40. The van der Waals surface area contributed by atoms with E-state index in [1.54, 1.807) is 0 Å². The second-order valence-corrected chi connectivity index (χ2v) is 8.19. The van der Waals surface area contributed by atoms with E-state index in [0.29, 0.717) is 31.7 Å². The quantitative estimate of drug-likeness (QED) is 0.293. The number of carbonyl (C=O) groups excluding carboxylic acids is 2. The van der Waals surface area contributed by atoms with Crippen LogP contribution >= 0.6 is 0 Å². The van der Waals surface area contributed by atoms with Crippen molar-refractivity contribution in [1.29, 1.82) is 0 Å². The fourth-order valence-electron chi connectivity index (χ4n) is 3.33. The molecule has 7 nitrogen and oxygen atoms in total. The van der Waals surface area contributed by atoms with Crippen LogP contribution in [0.4, 0.5) is 0 Å². The van der Waals surface area contributed by atoms with E-state index >= 15 is 0 Å². The van der Waals surface area contributed by atoms with Gasteiger partial charge in [0.15, 0.2) is 0 Å². The van der Waals surface area contributed by atoms with Gasteiger partial charge in [-0.05, 0) is 41.7 Å². The Morgan fingerprint density at radius 1 is 0.861 bits per heavy atom. The van der Waals surface area contributed by atoms with Crippen molar-refractivity contribution in [2.75, 3.05) is 13.2 Å². The molecule has 0 heterocycles. The van der Waals surface area contributed by atoms with Crippen LogP contribution in [0.1, 0.15) is 36.5 Å². The molecule has 0 aromatic heterocycles. The molecule has 1 atom stereocenters. The molecule has 36 heavy (non-hydrogen) atoms. The Kier molecular flexibility index (Phi) is 13.4. The van der Waals surface area contributed by atoms with Crippen LogP contribution in [-0.4, -0.2) is 36.2 Å². The molecule has 0 saturated heterocycles. The summed E-state index contributed by atoms with van der Waals surface area (Å²) in [6.45, 7) is 3.31. The van der Waals surface area contributed by atoms with Crippen molar-refractivity contribution in [2.24, 2.45) is 5.73 Å². The molecule has 0 aliphatic heterocycles. The first-order chi connectivity index (χ1) is 17.5. The highest BCUT2D eigenvalue weighted by molar-refractivity contribution is 5.79. The molecule has 0 aliphatic rings.